The molecule has 0 unspecified atom stereocenters. The third-order valence-corrected chi connectivity index (χ3v) is 6.27. The molecule has 1 aliphatic rings. The Morgan fingerprint density at radius 3 is 1.88 bits per heavy atom. The molecule has 1 aliphatic heterocycles. The van der Waals surface area contributed by atoms with E-state index in [4.69, 9.17) is 11.6 Å². The highest BCUT2D eigenvalue weighted by atomic mass is 79.9. The highest BCUT2D eigenvalue weighted by Crippen LogP contribution is 2.33. The van der Waals surface area contributed by atoms with E-state index in [0.29, 0.717) is 22.0 Å². The second-order valence-corrected chi connectivity index (χ2v) is 8.84. The fraction of sp³-hybridized carbons (Fsp3) is 0.174. The lowest BCUT2D eigenvalue weighted by atomic mass is 10.1. The van der Waals surface area contributed by atoms with Crippen LogP contribution in [0.1, 0.15) is 10.4 Å². The lowest BCUT2D eigenvalue weighted by Crippen LogP contribution is -2.47. The van der Waals surface area contributed by atoms with Crippen molar-refractivity contribution in [3.8, 4) is 0 Å². The first-order valence-electron chi connectivity index (χ1n) is 10.0. The summed E-state index contributed by atoms with van der Waals surface area (Å²) in [5.74, 6) is -10.1. The van der Waals surface area contributed by atoms with Gasteiger partial charge in [-0.2, -0.15) is 0 Å². The van der Waals surface area contributed by atoms with Crippen LogP contribution >= 0.6 is 27.5 Å². The van der Waals surface area contributed by atoms with Crippen LogP contribution < -0.4 is 15.1 Å². The van der Waals surface area contributed by atoms with Crippen LogP contribution in [-0.4, -0.2) is 32.1 Å². The van der Waals surface area contributed by atoms with Gasteiger partial charge in [0.05, 0.1) is 10.7 Å². The molecule has 178 valence electrons. The molecule has 3 aromatic rings. The third kappa shape index (κ3) is 4.69. The van der Waals surface area contributed by atoms with E-state index < -0.39 is 34.8 Å². The smallest absolute Gasteiger partial charge is 0.255 e. The molecule has 4 nitrogen and oxygen atoms in total. The molecule has 0 saturated carbocycles. The van der Waals surface area contributed by atoms with Gasteiger partial charge in [-0.15, -0.1) is 0 Å². The standard InChI is InChI=1S/C23H16BrClF5N3O/c24-13-3-1-12(2-4-13)23(34)31-14-5-6-16(15(25)11-14)32-7-9-33(10-8-32)22-20(29)18(27)17(26)19(28)21(22)30/h1-6,11H,7-10H2,(H,31,34). The average molecular weight is 561 g/mol. The largest absolute Gasteiger partial charge is 0.367 e. The van der Waals surface area contributed by atoms with Gasteiger partial charge in [0.2, 0.25) is 5.82 Å². The summed E-state index contributed by atoms with van der Waals surface area (Å²) in [6.07, 6.45) is 0. The Morgan fingerprint density at radius 1 is 0.794 bits per heavy atom. The van der Waals surface area contributed by atoms with Crippen molar-refractivity contribution in [2.75, 3.05) is 41.3 Å². The molecule has 0 radical (unpaired) electrons. The Hall–Kier alpha value is -2.85. The molecule has 34 heavy (non-hydrogen) atoms. The first-order valence-corrected chi connectivity index (χ1v) is 11.2. The Morgan fingerprint density at radius 2 is 1.32 bits per heavy atom. The van der Waals surface area contributed by atoms with Crippen LogP contribution in [0.3, 0.4) is 0 Å². The van der Waals surface area contributed by atoms with Gasteiger partial charge in [0, 0.05) is 41.9 Å². The number of anilines is 3. The minimum absolute atomic E-state index is 0.0107. The molecule has 1 fully saturated rings. The third-order valence-electron chi connectivity index (χ3n) is 5.44. The van der Waals surface area contributed by atoms with Crippen molar-refractivity contribution in [3.63, 3.8) is 0 Å². The van der Waals surface area contributed by atoms with Crippen molar-refractivity contribution >= 4 is 50.5 Å². The normalized spacial score (nSPS) is 13.9. The maximum atomic E-state index is 14.1. The van der Waals surface area contributed by atoms with Gasteiger partial charge in [0.25, 0.3) is 5.91 Å². The number of nitrogens with one attached hydrogen (secondary N) is 1. The molecule has 1 amide bonds. The lowest BCUT2D eigenvalue weighted by molar-refractivity contribution is 0.102. The number of amides is 1. The Kier molecular flexibility index (Phi) is 6.99. The molecule has 0 atom stereocenters. The van der Waals surface area contributed by atoms with Crippen LogP contribution in [0.15, 0.2) is 46.9 Å². The van der Waals surface area contributed by atoms with Crippen molar-refractivity contribution in [2.24, 2.45) is 0 Å². The van der Waals surface area contributed by atoms with E-state index in [2.05, 4.69) is 21.2 Å². The number of nitrogens with zero attached hydrogens (tertiary/aromatic N) is 2. The van der Waals surface area contributed by atoms with Crippen molar-refractivity contribution in [2.45, 2.75) is 0 Å². The topological polar surface area (TPSA) is 35.6 Å². The number of hydrogen-bond donors (Lipinski definition) is 1. The van der Waals surface area contributed by atoms with E-state index in [1.165, 1.54) is 0 Å². The van der Waals surface area contributed by atoms with Gasteiger partial charge < -0.3 is 15.1 Å². The highest BCUT2D eigenvalue weighted by molar-refractivity contribution is 9.10. The molecule has 0 aromatic heterocycles. The molecular formula is C23H16BrClF5N3O. The summed E-state index contributed by atoms with van der Waals surface area (Å²) in [6.45, 7) is 0.473. The molecule has 1 N–H and O–H groups in total. The molecule has 0 aliphatic carbocycles. The van der Waals surface area contributed by atoms with Crippen LogP contribution in [0.25, 0.3) is 0 Å². The zero-order chi connectivity index (χ0) is 24.6. The zero-order valence-corrected chi connectivity index (χ0v) is 19.7. The van der Waals surface area contributed by atoms with Crippen LogP contribution in [0, 0.1) is 29.1 Å². The Labute approximate surface area is 205 Å². The van der Waals surface area contributed by atoms with Gasteiger partial charge in [-0.3, -0.25) is 4.79 Å². The fourth-order valence-corrected chi connectivity index (χ4v) is 4.25. The summed E-state index contributed by atoms with van der Waals surface area (Å²) < 4.78 is 69.5. The van der Waals surface area contributed by atoms with Gasteiger partial charge in [-0.1, -0.05) is 27.5 Å². The molecule has 4 rings (SSSR count). The predicted octanol–water partition coefficient (Wildman–Crippen LogP) is 6.38. The number of halogens is 7. The summed E-state index contributed by atoms with van der Waals surface area (Å²) in [5.41, 5.74) is 0.614. The van der Waals surface area contributed by atoms with Gasteiger partial charge in [0.1, 0.15) is 5.69 Å². The van der Waals surface area contributed by atoms with Gasteiger partial charge in [-0.05, 0) is 42.5 Å². The predicted molar refractivity (Wildman–Crippen MR) is 124 cm³/mol. The monoisotopic (exact) mass is 559 g/mol. The van der Waals surface area contributed by atoms with E-state index in [-0.39, 0.29) is 32.1 Å². The number of carbonyl (C=O) groups is 1. The van der Waals surface area contributed by atoms with Gasteiger partial charge >= 0.3 is 0 Å². The van der Waals surface area contributed by atoms with Crippen molar-refractivity contribution in [1.82, 2.24) is 0 Å². The summed E-state index contributed by atoms with van der Waals surface area (Å²) in [6, 6.07) is 11.7. The number of piperazine rings is 1. The highest BCUT2D eigenvalue weighted by Gasteiger charge is 2.31. The summed E-state index contributed by atoms with van der Waals surface area (Å²) in [4.78, 5) is 15.3. The summed E-state index contributed by atoms with van der Waals surface area (Å²) in [7, 11) is 0. The molecule has 11 heteroatoms. The maximum absolute atomic E-state index is 14.1. The maximum Gasteiger partial charge on any atom is 0.255 e. The van der Waals surface area contributed by atoms with E-state index in [0.717, 1.165) is 9.37 Å². The zero-order valence-electron chi connectivity index (χ0n) is 17.3. The molecule has 0 spiro atoms. The van der Waals surface area contributed by atoms with Crippen LogP contribution in [-0.2, 0) is 0 Å². The SMILES string of the molecule is O=C(Nc1ccc(N2CCN(c3c(F)c(F)c(F)c(F)c3F)CC2)c(Cl)c1)c1ccc(Br)cc1. The second-order valence-electron chi connectivity index (χ2n) is 7.52. The Bertz CT molecular complexity index is 1220. The van der Waals surface area contributed by atoms with Gasteiger partial charge in [-0.25, -0.2) is 22.0 Å². The first kappa shape index (κ1) is 24.3. The van der Waals surface area contributed by atoms with Crippen LogP contribution in [0.4, 0.5) is 39.0 Å². The van der Waals surface area contributed by atoms with E-state index in [9.17, 15) is 26.7 Å². The summed E-state index contributed by atoms with van der Waals surface area (Å²) in [5, 5.41) is 3.09. The van der Waals surface area contributed by atoms with Crippen LogP contribution in [0.5, 0.6) is 0 Å². The molecular weight excluding hydrogens is 545 g/mol. The molecule has 0 bridgehead atoms. The van der Waals surface area contributed by atoms with Crippen molar-refractivity contribution < 1.29 is 26.7 Å². The lowest BCUT2D eigenvalue weighted by Gasteiger charge is -2.38. The molecule has 1 heterocycles. The summed E-state index contributed by atoms with van der Waals surface area (Å²) >= 11 is 9.71. The molecule has 3 aromatic carbocycles. The van der Waals surface area contributed by atoms with Gasteiger partial charge in [0.15, 0.2) is 23.3 Å². The van der Waals surface area contributed by atoms with Crippen molar-refractivity contribution in [1.29, 1.82) is 0 Å². The van der Waals surface area contributed by atoms with E-state index in [1.54, 1.807) is 42.5 Å². The minimum atomic E-state index is -2.18. The number of hydrogen-bond acceptors (Lipinski definition) is 3. The van der Waals surface area contributed by atoms with Crippen molar-refractivity contribution in [3.05, 3.63) is 86.6 Å². The quantitative estimate of drug-likeness (QED) is 0.229. The van der Waals surface area contributed by atoms with Crippen LogP contribution in [0.2, 0.25) is 5.02 Å². The number of carbonyl (C=O) groups excluding carboxylic acids is 1. The first-order chi connectivity index (χ1) is 16.2. The molecule has 1 saturated heterocycles. The van der Waals surface area contributed by atoms with E-state index in [1.807, 2.05) is 4.90 Å². The average Bonchev–Trinajstić information content (AvgIpc) is 2.83. The Balaban J connectivity index is 1.45. The minimum Gasteiger partial charge on any atom is -0.367 e. The number of rotatable bonds is 4. The number of benzene rings is 3. The van der Waals surface area contributed by atoms with E-state index >= 15 is 0 Å². The fourth-order valence-electron chi connectivity index (χ4n) is 3.69. The second kappa shape index (κ2) is 9.79.